The Morgan fingerprint density at radius 1 is 0.686 bits per heavy atom. The Hall–Kier alpha value is -0.960. The van der Waals surface area contributed by atoms with Crippen molar-refractivity contribution in [3.8, 4) is 0 Å². The Morgan fingerprint density at radius 2 is 1.12 bits per heavy atom. The summed E-state index contributed by atoms with van der Waals surface area (Å²) in [5, 5.41) is 73.9. The first-order valence-corrected chi connectivity index (χ1v) is 21.2. The van der Waals surface area contributed by atoms with E-state index in [4.69, 9.17) is 9.05 Å². The summed E-state index contributed by atoms with van der Waals surface area (Å²) in [5.41, 5.74) is 0. The van der Waals surface area contributed by atoms with Crippen molar-refractivity contribution in [1.29, 1.82) is 0 Å². The molecular formula is C37H72NO12P. The molecule has 0 aromatic carbocycles. The van der Waals surface area contributed by atoms with Crippen molar-refractivity contribution >= 4 is 13.7 Å². The van der Waals surface area contributed by atoms with Crippen LogP contribution in [0.5, 0.6) is 0 Å². The van der Waals surface area contributed by atoms with Crippen LogP contribution in [0.3, 0.4) is 0 Å². The molecule has 8 atom stereocenters. The number of allylic oxidation sites excluding steroid dienone is 1. The van der Waals surface area contributed by atoms with E-state index < -0.39 is 75.2 Å². The average Bonchev–Trinajstić information content (AvgIpc) is 3.09. The molecule has 14 heteroatoms. The Labute approximate surface area is 306 Å². The molecule has 1 saturated carbocycles. The minimum atomic E-state index is -5.12. The second kappa shape index (κ2) is 28.5. The highest BCUT2D eigenvalue weighted by atomic mass is 31.2. The summed E-state index contributed by atoms with van der Waals surface area (Å²) in [4.78, 5) is 23.2. The Kier molecular flexibility index (Phi) is 26.8. The molecule has 0 heterocycles. The molecule has 51 heavy (non-hydrogen) atoms. The molecule has 1 amide bonds. The highest BCUT2D eigenvalue weighted by molar-refractivity contribution is 7.47. The van der Waals surface area contributed by atoms with Gasteiger partial charge < -0.3 is 46.0 Å². The van der Waals surface area contributed by atoms with Gasteiger partial charge in [0.25, 0.3) is 0 Å². The maximum atomic E-state index is 12.9. The molecule has 0 spiro atoms. The van der Waals surface area contributed by atoms with Gasteiger partial charge in [0.2, 0.25) is 5.91 Å². The number of rotatable bonds is 31. The molecule has 1 fully saturated rings. The highest BCUT2D eigenvalue weighted by Crippen LogP contribution is 2.47. The van der Waals surface area contributed by atoms with E-state index in [9.17, 15) is 50.0 Å². The number of aliphatic hydroxyl groups is 7. The second-order valence-electron chi connectivity index (χ2n) is 14.3. The Morgan fingerprint density at radius 3 is 1.61 bits per heavy atom. The lowest BCUT2D eigenvalue weighted by atomic mass is 9.85. The second-order valence-corrected chi connectivity index (χ2v) is 15.7. The van der Waals surface area contributed by atoms with Gasteiger partial charge in [0, 0.05) is 0 Å². The molecule has 13 nitrogen and oxygen atoms in total. The van der Waals surface area contributed by atoms with E-state index in [2.05, 4.69) is 19.2 Å². The summed E-state index contributed by atoms with van der Waals surface area (Å²) in [7, 11) is -5.12. The van der Waals surface area contributed by atoms with E-state index in [1.807, 2.05) is 0 Å². The number of amides is 1. The first kappa shape index (κ1) is 48.1. The molecule has 0 saturated heterocycles. The van der Waals surface area contributed by atoms with E-state index in [0.29, 0.717) is 12.8 Å². The van der Waals surface area contributed by atoms with Crippen molar-refractivity contribution < 1.29 is 59.0 Å². The molecule has 0 aromatic heterocycles. The number of phosphoric ester groups is 1. The first-order valence-electron chi connectivity index (χ1n) is 19.7. The Bertz CT molecular complexity index is 943. The van der Waals surface area contributed by atoms with Gasteiger partial charge in [-0.05, 0) is 19.3 Å². The van der Waals surface area contributed by atoms with Gasteiger partial charge in [0.1, 0.15) is 36.6 Å². The van der Waals surface area contributed by atoms with Gasteiger partial charge >= 0.3 is 7.82 Å². The van der Waals surface area contributed by atoms with E-state index >= 15 is 0 Å². The zero-order valence-corrected chi connectivity index (χ0v) is 32.2. The molecular weight excluding hydrogens is 681 g/mol. The highest BCUT2D eigenvalue weighted by Gasteiger charge is 2.51. The van der Waals surface area contributed by atoms with Crippen molar-refractivity contribution in [2.24, 2.45) is 0 Å². The SMILES string of the molecule is CCCCCCCCCCCC/C=C/C(O)C(COP(=O)(O)OC1C(O)C(O)C(O)C(O)C1O)NC(=O)CC(O)CCCCCCCCCCC. The predicted molar refractivity (Wildman–Crippen MR) is 197 cm³/mol. The van der Waals surface area contributed by atoms with Crippen LogP contribution >= 0.6 is 7.82 Å². The molecule has 302 valence electrons. The first-order chi connectivity index (χ1) is 24.3. The van der Waals surface area contributed by atoms with Crippen LogP contribution in [0, 0.1) is 0 Å². The number of nitrogens with one attached hydrogen (secondary N) is 1. The van der Waals surface area contributed by atoms with Crippen LogP contribution in [0.15, 0.2) is 12.2 Å². The fourth-order valence-corrected chi connectivity index (χ4v) is 7.26. The minimum absolute atomic E-state index is 0.242. The summed E-state index contributed by atoms with van der Waals surface area (Å²) >= 11 is 0. The average molecular weight is 754 g/mol. The number of hydrogen-bond acceptors (Lipinski definition) is 11. The smallest absolute Gasteiger partial charge is 0.393 e. The van der Waals surface area contributed by atoms with Gasteiger partial charge in [0.05, 0.1) is 31.3 Å². The maximum absolute atomic E-state index is 12.9. The molecule has 1 aliphatic carbocycles. The van der Waals surface area contributed by atoms with E-state index in [1.54, 1.807) is 6.08 Å². The van der Waals surface area contributed by atoms with Gasteiger partial charge in [-0.3, -0.25) is 13.8 Å². The number of carbonyl (C=O) groups excluding carboxylic acids is 1. The van der Waals surface area contributed by atoms with Crippen molar-refractivity contribution in [3.05, 3.63) is 12.2 Å². The summed E-state index contributed by atoms with van der Waals surface area (Å²) in [5.74, 6) is -0.596. The number of aliphatic hydroxyl groups excluding tert-OH is 7. The van der Waals surface area contributed by atoms with Crippen LogP contribution in [0.2, 0.25) is 0 Å². The molecule has 0 radical (unpaired) electrons. The van der Waals surface area contributed by atoms with Crippen molar-refractivity contribution in [2.75, 3.05) is 6.61 Å². The minimum Gasteiger partial charge on any atom is -0.393 e. The van der Waals surface area contributed by atoms with Gasteiger partial charge in [-0.1, -0.05) is 142 Å². The van der Waals surface area contributed by atoms with Crippen LogP contribution < -0.4 is 5.32 Å². The maximum Gasteiger partial charge on any atom is 0.472 e. The topological polar surface area (TPSA) is 226 Å². The molecule has 1 rings (SSSR count). The fourth-order valence-electron chi connectivity index (χ4n) is 6.30. The summed E-state index contributed by atoms with van der Waals surface area (Å²) in [6.45, 7) is 3.66. The Balaban J connectivity index is 2.67. The van der Waals surface area contributed by atoms with Crippen molar-refractivity contribution in [3.63, 3.8) is 0 Å². The number of phosphoric acid groups is 1. The third kappa shape index (κ3) is 21.5. The number of hydrogen-bond donors (Lipinski definition) is 9. The standard InChI is InChI=1S/C37H72NO12P/c1-3-5-7-9-11-13-14-15-17-19-21-23-25-30(40)29(38-31(41)26-28(39)24-22-20-18-16-12-10-8-6-4-2)27-49-51(47,48)50-37-35(45)33(43)32(42)34(44)36(37)46/h23,25,28-30,32-37,39-40,42-46H,3-22,24,26-27H2,1-2H3,(H,38,41)(H,47,48)/b25-23+. The molecule has 0 bridgehead atoms. The molecule has 0 aliphatic heterocycles. The molecule has 0 aromatic rings. The van der Waals surface area contributed by atoms with E-state index in [1.165, 1.54) is 83.1 Å². The van der Waals surface area contributed by atoms with Crippen LogP contribution in [0.1, 0.15) is 155 Å². The molecule has 9 N–H and O–H groups in total. The fraction of sp³-hybridized carbons (Fsp3) is 0.919. The van der Waals surface area contributed by atoms with Crippen LogP contribution in [-0.4, -0.2) is 108 Å². The summed E-state index contributed by atoms with van der Waals surface area (Å²) in [6.07, 6.45) is 11.9. The monoisotopic (exact) mass is 753 g/mol. The molecule has 8 unspecified atom stereocenters. The van der Waals surface area contributed by atoms with Crippen molar-refractivity contribution in [2.45, 2.75) is 210 Å². The van der Waals surface area contributed by atoms with Gasteiger partial charge in [0.15, 0.2) is 0 Å². The third-order valence-corrected chi connectivity index (χ3v) is 10.6. The summed E-state index contributed by atoms with van der Waals surface area (Å²) < 4.78 is 22.7. The van der Waals surface area contributed by atoms with Gasteiger partial charge in [-0.25, -0.2) is 4.57 Å². The van der Waals surface area contributed by atoms with Gasteiger partial charge in [-0.15, -0.1) is 0 Å². The lowest BCUT2D eigenvalue weighted by Crippen LogP contribution is -2.64. The van der Waals surface area contributed by atoms with Crippen LogP contribution in [0.25, 0.3) is 0 Å². The number of unbranched alkanes of at least 4 members (excludes halogenated alkanes) is 18. The largest absolute Gasteiger partial charge is 0.472 e. The van der Waals surface area contributed by atoms with Gasteiger partial charge in [-0.2, -0.15) is 0 Å². The van der Waals surface area contributed by atoms with Crippen molar-refractivity contribution in [1.82, 2.24) is 5.32 Å². The molecule has 1 aliphatic rings. The normalized spacial score (nSPS) is 25.5. The van der Waals surface area contributed by atoms with Crippen LogP contribution in [0.4, 0.5) is 0 Å². The van der Waals surface area contributed by atoms with E-state index in [0.717, 1.165) is 44.9 Å². The summed E-state index contributed by atoms with van der Waals surface area (Å²) in [6, 6.07) is -1.23. The lowest BCUT2D eigenvalue weighted by molar-refractivity contribution is -0.220. The number of carbonyl (C=O) groups is 1. The zero-order valence-electron chi connectivity index (χ0n) is 31.3. The predicted octanol–water partition coefficient (Wildman–Crippen LogP) is 4.69. The van der Waals surface area contributed by atoms with E-state index in [-0.39, 0.29) is 6.42 Å². The quantitative estimate of drug-likeness (QED) is 0.0267. The third-order valence-electron chi connectivity index (χ3n) is 9.62. The zero-order chi connectivity index (χ0) is 38.1. The van der Waals surface area contributed by atoms with Crippen LogP contribution in [-0.2, 0) is 18.4 Å². The lowest BCUT2D eigenvalue weighted by Gasteiger charge is -2.41.